The molecule has 144 valence electrons. The van der Waals surface area contributed by atoms with E-state index in [0.717, 1.165) is 6.54 Å². The van der Waals surface area contributed by atoms with Crippen LogP contribution < -0.4 is 5.32 Å². The quantitative estimate of drug-likeness (QED) is 0.872. The van der Waals surface area contributed by atoms with Gasteiger partial charge in [0.1, 0.15) is 11.4 Å². The number of nitrogens with one attached hydrogen (secondary N) is 1. The minimum atomic E-state index is -0.570. The molecule has 0 aromatic heterocycles. The van der Waals surface area contributed by atoms with Crippen LogP contribution in [-0.4, -0.2) is 35.7 Å². The van der Waals surface area contributed by atoms with E-state index in [4.69, 9.17) is 4.74 Å². The largest absolute Gasteiger partial charge is 0.444 e. The van der Waals surface area contributed by atoms with E-state index in [9.17, 15) is 9.18 Å². The molecule has 0 radical (unpaired) electrons. The Balaban J connectivity index is 1.77. The topological polar surface area (TPSA) is 41.6 Å². The zero-order valence-electron chi connectivity index (χ0n) is 16.1. The van der Waals surface area contributed by atoms with E-state index in [1.54, 1.807) is 12.1 Å². The number of amides is 1. The summed E-state index contributed by atoms with van der Waals surface area (Å²) in [6.07, 6.45) is -0.463. The molecule has 2 atom stereocenters. The summed E-state index contributed by atoms with van der Waals surface area (Å²) >= 11 is 0. The van der Waals surface area contributed by atoms with Crippen LogP contribution in [0.15, 0.2) is 54.6 Å². The Morgan fingerprint density at radius 3 is 2.44 bits per heavy atom. The van der Waals surface area contributed by atoms with Crippen molar-refractivity contribution in [3.05, 3.63) is 71.5 Å². The summed E-state index contributed by atoms with van der Waals surface area (Å²) in [6.45, 7) is 7.58. The molecule has 1 aliphatic heterocycles. The molecule has 1 N–H and O–H groups in total. The van der Waals surface area contributed by atoms with Crippen LogP contribution in [0.2, 0.25) is 0 Å². The van der Waals surface area contributed by atoms with Gasteiger partial charge in [-0.25, -0.2) is 9.18 Å². The highest BCUT2D eigenvalue weighted by Gasteiger charge is 2.36. The van der Waals surface area contributed by atoms with Gasteiger partial charge in [0.25, 0.3) is 0 Å². The van der Waals surface area contributed by atoms with Crippen LogP contribution in [0.25, 0.3) is 0 Å². The van der Waals surface area contributed by atoms with E-state index in [2.05, 4.69) is 22.3 Å². The Bertz CT molecular complexity index is 773. The van der Waals surface area contributed by atoms with Crippen LogP contribution in [0.5, 0.6) is 0 Å². The molecular weight excluding hydrogens is 343 g/mol. The Labute approximate surface area is 160 Å². The predicted molar refractivity (Wildman–Crippen MR) is 104 cm³/mol. The van der Waals surface area contributed by atoms with E-state index in [1.807, 2.05) is 45.0 Å². The number of ether oxygens (including phenoxy) is 1. The SMILES string of the molecule is CC(C)(C)OC(=O)N[C@H]1CN(Cc2ccccc2)C[C@@H]1c1ccccc1F. The van der Waals surface area contributed by atoms with Crippen molar-refractivity contribution in [1.29, 1.82) is 0 Å². The molecule has 1 heterocycles. The summed E-state index contributed by atoms with van der Waals surface area (Å²) in [5.41, 5.74) is 1.26. The predicted octanol–water partition coefficient (Wildman–Crippen LogP) is 4.32. The Hall–Kier alpha value is -2.40. The summed E-state index contributed by atoms with van der Waals surface area (Å²) in [6, 6.07) is 16.7. The number of carbonyl (C=O) groups excluding carboxylic acids is 1. The summed E-state index contributed by atoms with van der Waals surface area (Å²) in [5, 5.41) is 2.96. The highest BCUT2D eigenvalue weighted by molar-refractivity contribution is 5.68. The van der Waals surface area contributed by atoms with Gasteiger partial charge in [0.2, 0.25) is 0 Å². The third-order valence-corrected chi connectivity index (χ3v) is 4.65. The number of carbonyl (C=O) groups is 1. The lowest BCUT2D eigenvalue weighted by Gasteiger charge is -2.24. The van der Waals surface area contributed by atoms with Crippen molar-refractivity contribution in [2.24, 2.45) is 0 Å². The van der Waals surface area contributed by atoms with Crippen molar-refractivity contribution in [1.82, 2.24) is 10.2 Å². The van der Waals surface area contributed by atoms with E-state index >= 15 is 0 Å². The molecule has 3 rings (SSSR count). The molecular formula is C22H27FN2O2. The maximum atomic E-state index is 14.4. The van der Waals surface area contributed by atoms with Crippen molar-refractivity contribution in [3.8, 4) is 0 Å². The highest BCUT2D eigenvalue weighted by atomic mass is 19.1. The van der Waals surface area contributed by atoms with Crippen molar-refractivity contribution in [2.45, 2.75) is 44.9 Å². The third kappa shape index (κ3) is 5.30. The molecule has 0 unspecified atom stereocenters. The second kappa shape index (κ2) is 8.09. The van der Waals surface area contributed by atoms with E-state index in [0.29, 0.717) is 18.7 Å². The van der Waals surface area contributed by atoms with Crippen LogP contribution in [0.1, 0.15) is 37.8 Å². The first kappa shape index (κ1) is 19.4. The van der Waals surface area contributed by atoms with Crippen molar-refractivity contribution in [3.63, 3.8) is 0 Å². The summed E-state index contributed by atoms with van der Waals surface area (Å²) in [5.74, 6) is -0.359. The molecule has 5 heteroatoms. The summed E-state index contributed by atoms with van der Waals surface area (Å²) in [7, 11) is 0. The minimum Gasteiger partial charge on any atom is -0.444 e. The summed E-state index contributed by atoms with van der Waals surface area (Å²) < 4.78 is 19.8. The molecule has 2 aromatic carbocycles. The van der Waals surface area contributed by atoms with Crippen LogP contribution in [0.3, 0.4) is 0 Å². The van der Waals surface area contributed by atoms with Crippen molar-refractivity contribution < 1.29 is 13.9 Å². The average molecular weight is 370 g/mol. The normalized spacial score (nSPS) is 20.4. The fourth-order valence-corrected chi connectivity index (χ4v) is 3.55. The maximum absolute atomic E-state index is 14.4. The first-order valence-electron chi connectivity index (χ1n) is 9.32. The average Bonchev–Trinajstić information content (AvgIpc) is 2.96. The van der Waals surface area contributed by atoms with Gasteiger partial charge in [-0.15, -0.1) is 0 Å². The zero-order valence-corrected chi connectivity index (χ0v) is 16.1. The molecule has 4 nitrogen and oxygen atoms in total. The first-order chi connectivity index (χ1) is 12.8. The molecule has 1 aliphatic rings. The lowest BCUT2D eigenvalue weighted by atomic mass is 9.94. The van der Waals surface area contributed by atoms with Gasteiger partial charge in [-0.05, 0) is 38.0 Å². The van der Waals surface area contributed by atoms with Gasteiger partial charge < -0.3 is 10.1 Å². The van der Waals surface area contributed by atoms with Crippen LogP contribution in [0, 0.1) is 5.82 Å². The Morgan fingerprint density at radius 2 is 1.78 bits per heavy atom. The fraction of sp³-hybridized carbons (Fsp3) is 0.409. The molecule has 1 saturated heterocycles. The monoisotopic (exact) mass is 370 g/mol. The molecule has 1 fully saturated rings. The molecule has 0 aliphatic carbocycles. The van der Waals surface area contributed by atoms with Gasteiger partial charge in [0.05, 0.1) is 6.04 Å². The van der Waals surface area contributed by atoms with Gasteiger partial charge in [-0.3, -0.25) is 4.90 Å². The number of rotatable bonds is 4. The first-order valence-corrected chi connectivity index (χ1v) is 9.32. The molecule has 0 bridgehead atoms. The number of benzene rings is 2. The third-order valence-electron chi connectivity index (χ3n) is 4.65. The van der Waals surface area contributed by atoms with Crippen LogP contribution in [0.4, 0.5) is 9.18 Å². The molecule has 0 spiro atoms. The maximum Gasteiger partial charge on any atom is 0.407 e. The number of hydrogen-bond donors (Lipinski definition) is 1. The fourth-order valence-electron chi connectivity index (χ4n) is 3.55. The lowest BCUT2D eigenvalue weighted by molar-refractivity contribution is 0.0502. The van der Waals surface area contributed by atoms with Gasteiger partial charge in [0, 0.05) is 25.6 Å². The van der Waals surface area contributed by atoms with Crippen molar-refractivity contribution in [2.75, 3.05) is 13.1 Å². The molecule has 1 amide bonds. The molecule has 0 saturated carbocycles. The minimum absolute atomic E-state index is 0.123. The van der Waals surface area contributed by atoms with E-state index in [1.165, 1.54) is 11.6 Å². The standard InChI is InChI=1S/C22H27FN2O2/c1-22(2,3)27-21(26)24-20-15-25(13-16-9-5-4-6-10-16)14-18(20)17-11-7-8-12-19(17)23/h4-12,18,20H,13-15H2,1-3H3,(H,24,26)/t18-,20+/m1/s1. The number of nitrogens with zero attached hydrogens (tertiary/aromatic N) is 1. The number of halogens is 1. The van der Waals surface area contributed by atoms with Gasteiger partial charge in [-0.1, -0.05) is 48.5 Å². The van der Waals surface area contributed by atoms with Crippen LogP contribution >= 0.6 is 0 Å². The number of hydrogen-bond acceptors (Lipinski definition) is 3. The molecule has 2 aromatic rings. The van der Waals surface area contributed by atoms with Gasteiger partial charge in [0.15, 0.2) is 0 Å². The highest BCUT2D eigenvalue weighted by Crippen LogP contribution is 2.30. The Kier molecular flexibility index (Phi) is 5.80. The number of likely N-dealkylation sites (tertiary alicyclic amines) is 1. The van der Waals surface area contributed by atoms with Gasteiger partial charge >= 0.3 is 6.09 Å². The van der Waals surface area contributed by atoms with Gasteiger partial charge in [-0.2, -0.15) is 0 Å². The second-order valence-corrected chi connectivity index (χ2v) is 8.06. The smallest absolute Gasteiger partial charge is 0.407 e. The lowest BCUT2D eigenvalue weighted by Crippen LogP contribution is -2.42. The Morgan fingerprint density at radius 1 is 1.11 bits per heavy atom. The summed E-state index contributed by atoms with van der Waals surface area (Å²) in [4.78, 5) is 14.5. The van der Waals surface area contributed by atoms with Crippen LogP contribution in [-0.2, 0) is 11.3 Å². The van der Waals surface area contributed by atoms with E-state index in [-0.39, 0.29) is 17.8 Å². The number of alkyl carbamates (subject to hydrolysis) is 1. The van der Waals surface area contributed by atoms with Crippen molar-refractivity contribution >= 4 is 6.09 Å². The zero-order chi connectivity index (χ0) is 19.4. The molecule has 27 heavy (non-hydrogen) atoms. The van der Waals surface area contributed by atoms with E-state index < -0.39 is 11.7 Å². The second-order valence-electron chi connectivity index (χ2n) is 8.06.